The molecule has 106 valence electrons. The second-order valence-electron chi connectivity index (χ2n) is 5.81. The summed E-state index contributed by atoms with van der Waals surface area (Å²) >= 11 is 0. The number of rotatable bonds is 4. The second-order valence-corrected chi connectivity index (χ2v) is 5.81. The summed E-state index contributed by atoms with van der Waals surface area (Å²) in [6.07, 6.45) is 4.32. The first-order valence-electron chi connectivity index (χ1n) is 7.34. The fourth-order valence-corrected chi connectivity index (χ4v) is 3.15. The lowest BCUT2D eigenvalue weighted by atomic mass is 9.64. The molecule has 2 fully saturated rings. The Kier molecular flexibility index (Phi) is 3.47. The minimum absolute atomic E-state index is 0.0886. The standard InChI is InChI=1S/C16H20N2O2/c19-14-8-7-13(18-14)11-17-15(20)16(9-4-10-16)12-5-2-1-3-6-12/h1-3,5-6,13H,4,7-11H2,(H,17,20)(H,18,19). The number of benzene rings is 1. The van der Waals surface area contributed by atoms with Gasteiger partial charge in [0.2, 0.25) is 11.8 Å². The molecule has 4 nitrogen and oxygen atoms in total. The van der Waals surface area contributed by atoms with Crippen molar-refractivity contribution in [1.29, 1.82) is 0 Å². The summed E-state index contributed by atoms with van der Waals surface area (Å²) in [7, 11) is 0. The Hall–Kier alpha value is -1.84. The van der Waals surface area contributed by atoms with Gasteiger partial charge in [-0.2, -0.15) is 0 Å². The molecular weight excluding hydrogens is 252 g/mol. The molecule has 1 aromatic rings. The van der Waals surface area contributed by atoms with Crippen LogP contribution in [0.1, 0.15) is 37.7 Å². The molecule has 1 saturated heterocycles. The van der Waals surface area contributed by atoms with Gasteiger partial charge >= 0.3 is 0 Å². The first-order valence-corrected chi connectivity index (χ1v) is 7.34. The number of carbonyl (C=O) groups excluding carboxylic acids is 2. The van der Waals surface area contributed by atoms with Crippen LogP contribution in [0.3, 0.4) is 0 Å². The molecule has 3 rings (SSSR count). The molecule has 1 heterocycles. The van der Waals surface area contributed by atoms with Crippen LogP contribution in [0, 0.1) is 0 Å². The maximum absolute atomic E-state index is 12.6. The fraction of sp³-hybridized carbons (Fsp3) is 0.500. The van der Waals surface area contributed by atoms with Crippen molar-refractivity contribution >= 4 is 11.8 Å². The third kappa shape index (κ3) is 2.30. The molecule has 4 heteroatoms. The molecule has 0 spiro atoms. The van der Waals surface area contributed by atoms with Crippen LogP contribution in [-0.2, 0) is 15.0 Å². The van der Waals surface area contributed by atoms with Gasteiger partial charge in [0.15, 0.2) is 0 Å². The van der Waals surface area contributed by atoms with Crippen molar-refractivity contribution in [1.82, 2.24) is 10.6 Å². The highest BCUT2D eigenvalue weighted by atomic mass is 16.2. The van der Waals surface area contributed by atoms with Gasteiger partial charge in [-0.05, 0) is 24.8 Å². The molecule has 2 aliphatic rings. The van der Waals surface area contributed by atoms with E-state index in [0.29, 0.717) is 13.0 Å². The summed E-state index contributed by atoms with van der Waals surface area (Å²) in [5, 5.41) is 5.92. The van der Waals surface area contributed by atoms with Crippen LogP contribution in [0.2, 0.25) is 0 Å². The highest BCUT2D eigenvalue weighted by molar-refractivity contribution is 5.89. The minimum atomic E-state index is -0.343. The zero-order chi connectivity index (χ0) is 14.0. The van der Waals surface area contributed by atoms with E-state index in [9.17, 15) is 9.59 Å². The molecule has 0 bridgehead atoms. The molecular formula is C16H20N2O2. The maximum Gasteiger partial charge on any atom is 0.230 e. The van der Waals surface area contributed by atoms with Crippen molar-refractivity contribution in [3.63, 3.8) is 0 Å². The van der Waals surface area contributed by atoms with Gasteiger partial charge < -0.3 is 10.6 Å². The number of amides is 2. The van der Waals surface area contributed by atoms with Crippen LogP contribution in [0.5, 0.6) is 0 Å². The Bertz CT molecular complexity index is 508. The molecule has 1 aromatic carbocycles. The third-order valence-corrected chi connectivity index (χ3v) is 4.56. The normalized spacial score (nSPS) is 23.8. The van der Waals surface area contributed by atoms with Crippen LogP contribution in [0.15, 0.2) is 30.3 Å². The average Bonchev–Trinajstić information content (AvgIpc) is 2.82. The van der Waals surface area contributed by atoms with Crippen molar-refractivity contribution in [3.05, 3.63) is 35.9 Å². The van der Waals surface area contributed by atoms with Gasteiger partial charge in [-0.3, -0.25) is 9.59 Å². The SMILES string of the molecule is O=C1CCC(CNC(=O)C2(c3ccccc3)CCC2)N1. The number of hydrogen-bond acceptors (Lipinski definition) is 2. The van der Waals surface area contributed by atoms with Gasteiger partial charge in [0, 0.05) is 19.0 Å². The molecule has 1 unspecified atom stereocenters. The van der Waals surface area contributed by atoms with Gasteiger partial charge in [-0.15, -0.1) is 0 Å². The van der Waals surface area contributed by atoms with E-state index in [0.717, 1.165) is 31.2 Å². The summed E-state index contributed by atoms with van der Waals surface area (Å²) < 4.78 is 0. The lowest BCUT2D eigenvalue weighted by Crippen LogP contribution is -2.51. The minimum Gasteiger partial charge on any atom is -0.353 e. The summed E-state index contributed by atoms with van der Waals surface area (Å²) in [5.41, 5.74) is 0.767. The van der Waals surface area contributed by atoms with Crippen LogP contribution in [0.4, 0.5) is 0 Å². The molecule has 0 aromatic heterocycles. The predicted molar refractivity (Wildman–Crippen MR) is 76.1 cm³/mol. The van der Waals surface area contributed by atoms with Crippen molar-refractivity contribution in [2.75, 3.05) is 6.54 Å². The lowest BCUT2D eigenvalue weighted by molar-refractivity contribution is -0.130. The number of nitrogens with one attached hydrogen (secondary N) is 2. The van der Waals surface area contributed by atoms with Crippen LogP contribution in [0.25, 0.3) is 0 Å². The van der Waals surface area contributed by atoms with E-state index in [-0.39, 0.29) is 23.3 Å². The topological polar surface area (TPSA) is 58.2 Å². The van der Waals surface area contributed by atoms with E-state index in [1.54, 1.807) is 0 Å². The first kappa shape index (κ1) is 13.2. The van der Waals surface area contributed by atoms with E-state index in [1.807, 2.05) is 30.3 Å². The Balaban J connectivity index is 1.64. The Labute approximate surface area is 118 Å². The van der Waals surface area contributed by atoms with Crippen LogP contribution in [-0.4, -0.2) is 24.4 Å². The fourth-order valence-electron chi connectivity index (χ4n) is 3.15. The summed E-state index contributed by atoms with van der Waals surface area (Å²) in [6, 6.07) is 10.1. The predicted octanol–water partition coefficient (Wildman–Crippen LogP) is 1.50. The molecule has 0 radical (unpaired) electrons. The highest BCUT2D eigenvalue weighted by Crippen LogP contribution is 2.43. The quantitative estimate of drug-likeness (QED) is 0.872. The van der Waals surface area contributed by atoms with E-state index in [4.69, 9.17) is 0 Å². The molecule has 1 atom stereocenters. The van der Waals surface area contributed by atoms with E-state index in [2.05, 4.69) is 10.6 Å². The zero-order valence-corrected chi connectivity index (χ0v) is 11.5. The van der Waals surface area contributed by atoms with E-state index in [1.165, 1.54) is 0 Å². The van der Waals surface area contributed by atoms with Crippen LogP contribution >= 0.6 is 0 Å². The summed E-state index contributed by atoms with van der Waals surface area (Å²) in [6.45, 7) is 0.541. The molecule has 1 aliphatic carbocycles. The molecule has 20 heavy (non-hydrogen) atoms. The van der Waals surface area contributed by atoms with Gasteiger partial charge in [0.05, 0.1) is 5.41 Å². The number of hydrogen-bond donors (Lipinski definition) is 2. The van der Waals surface area contributed by atoms with Crippen molar-refractivity contribution in [3.8, 4) is 0 Å². The third-order valence-electron chi connectivity index (χ3n) is 4.56. The largest absolute Gasteiger partial charge is 0.353 e. The Morgan fingerprint density at radius 1 is 1.30 bits per heavy atom. The van der Waals surface area contributed by atoms with Gasteiger partial charge in [-0.25, -0.2) is 0 Å². The maximum atomic E-state index is 12.6. The first-order chi connectivity index (χ1) is 9.71. The van der Waals surface area contributed by atoms with Crippen LogP contribution < -0.4 is 10.6 Å². The van der Waals surface area contributed by atoms with Gasteiger partial charge in [-0.1, -0.05) is 36.8 Å². The Morgan fingerprint density at radius 3 is 2.60 bits per heavy atom. The zero-order valence-electron chi connectivity index (χ0n) is 11.5. The monoisotopic (exact) mass is 272 g/mol. The second kappa shape index (κ2) is 5.27. The van der Waals surface area contributed by atoms with Crippen molar-refractivity contribution in [2.45, 2.75) is 43.6 Å². The number of carbonyl (C=O) groups is 2. The highest BCUT2D eigenvalue weighted by Gasteiger charge is 2.45. The lowest BCUT2D eigenvalue weighted by Gasteiger charge is -2.41. The van der Waals surface area contributed by atoms with Crippen molar-refractivity contribution in [2.24, 2.45) is 0 Å². The molecule has 1 aliphatic heterocycles. The van der Waals surface area contributed by atoms with Crippen molar-refractivity contribution < 1.29 is 9.59 Å². The van der Waals surface area contributed by atoms with E-state index >= 15 is 0 Å². The molecule has 2 N–H and O–H groups in total. The average molecular weight is 272 g/mol. The van der Waals surface area contributed by atoms with Gasteiger partial charge in [0.1, 0.15) is 0 Å². The summed E-state index contributed by atoms with van der Waals surface area (Å²) in [4.78, 5) is 23.7. The van der Waals surface area contributed by atoms with E-state index < -0.39 is 0 Å². The molecule has 2 amide bonds. The summed E-state index contributed by atoms with van der Waals surface area (Å²) in [5.74, 6) is 0.196. The molecule has 1 saturated carbocycles. The van der Waals surface area contributed by atoms with Gasteiger partial charge in [0.25, 0.3) is 0 Å². The Morgan fingerprint density at radius 2 is 2.05 bits per heavy atom. The smallest absolute Gasteiger partial charge is 0.230 e.